The first kappa shape index (κ1) is 13.0. The van der Waals surface area contributed by atoms with Crippen molar-refractivity contribution in [2.75, 3.05) is 0 Å². The summed E-state index contributed by atoms with van der Waals surface area (Å²) in [6.07, 6.45) is 0.924. The van der Waals surface area contributed by atoms with Gasteiger partial charge < -0.3 is 15.6 Å². The fourth-order valence-electron chi connectivity index (χ4n) is 1.52. The molecular weight excluding hydrogens is 244 g/mol. The number of nitrogens with two attached hydrogens (primary N) is 1. The number of hydrogen-bond donors (Lipinski definition) is 2. The molecule has 0 spiro atoms. The van der Waals surface area contributed by atoms with Gasteiger partial charge in [-0.3, -0.25) is 9.78 Å². The maximum Gasteiger partial charge on any atom is 0.248 e. The predicted molar refractivity (Wildman–Crippen MR) is 69.9 cm³/mol. The highest BCUT2D eigenvalue weighted by Gasteiger charge is 2.04. The third kappa shape index (κ3) is 3.29. The second-order valence-electron chi connectivity index (χ2n) is 4.09. The minimum absolute atomic E-state index is 0.426. The molecule has 5 nitrogen and oxygen atoms in total. The van der Waals surface area contributed by atoms with Crippen LogP contribution in [0.5, 0.6) is 11.5 Å². The lowest BCUT2D eigenvalue weighted by molar-refractivity contribution is 0.100. The van der Waals surface area contributed by atoms with Crippen LogP contribution in [0.25, 0.3) is 0 Å². The van der Waals surface area contributed by atoms with Gasteiger partial charge in [-0.1, -0.05) is 0 Å². The van der Waals surface area contributed by atoms with Crippen LogP contribution in [-0.2, 0) is 0 Å². The maximum atomic E-state index is 10.9. The van der Waals surface area contributed by atoms with Gasteiger partial charge in [0.05, 0.1) is 18.0 Å². The maximum absolute atomic E-state index is 10.9. The van der Waals surface area contributed by atoms with Gasteiger partial charge in [-0.25, -0.2) is 0 Å². The Balaban J connectivity index is 2.10. The molecule has 1 heterocycles. The molecule has 1 unspecified atom stereocenters. The van der Waals surface area contributed by atoms with Crippen molar-refractivity contribution < 1.29 is 14.6 Å². The molecule has 3 N–H and O–H groups in total. The lowest BCUT2D eigenvalue weighted by Gasteiger charge is -2.07. The Kier molecular flexibility index (Phi) is 3.77. The number of pyridine rings is 1. The number of aliphatic hydroxyl groups excluding tert-OH is 1. The largest absolute Gasteiger partial charge is 0.456 e. The van der Waals surface area contributed by atoms with Gasteiger partial charge >= 0.3 is 0 Å². The number of rotatable bonds is 4. The van der Waals surface area contributed by atoms with Crippen molar-refractivity contribution in [3.63, 3.8) is 0 Å². The van der Waals surface area contributed by atoms with Crippen molar-refractivity contribution in [2.45, 2.75) is 13.0 Å². The number of nitrogens with zero attached hydrogens (tertiary/aromatic N) is 1. The smallest absolute Gasteiger partial charge is 0.248 e. The van der Waals surface area contributed by atoms with E-state index in [2.05, 4.69) is 4.98 Å². The summed E-state index contributed by atoms with van der Waals surface area (Å²) in [5, 5.41) is 9.34. The highest BCUT2D eigenvalue weighted by molar-refractivity contribution is 5.92. The average molecular weight is 258 g/mol. The summed E-state index contributed by atoms with van der Waals surface area (Å²) in [6, 6.07) is 9.91. The Morgan fingerprint density at radius 1 is 1.21 bits per heavy atom. The van der Waals surface area contributed by atoms with Crippen LogP contribution < -0.4 is 10.5 Å². The highest BCUT2D eigenvalue weighted by atomic mass is 16.5. The predicted octanol–water partition coefficient (Wildman–Crippen LogP) is 2.03. The van der Waals surface area contributed by atoms with Gasteiger partial charge in [0.2, 0.25) is 5.91 Å². The van der Waals surface area contributed by atoms with E-state index < -0.39 is 12.0 Å². The van der Waals surface area contributed by atoms with Gasteiger partial charge in [0, 0.05) is 5.56 Å². The Bertz CT molecular complexity index is 562. The van der Waals surface area contributed by atoms with E-state index in [0.29, 0.717) is 22.8 Å². The van der Waals surface area contributed by atoms with Gasteiger partial charge in [-0.2, -0.15) is 0 Å². The van der Waals surface area contributed by atoms with E-state index in [1.807, 2.05) is 0 Å². The molecule has 0 aliphatic heterocycles. The molecule has 19 heavy (non-hydrogen) atoms. The molecule has 0 saturated carbocycles. The first-order chi connectivity index (χ1) is 9.06. The number of carbonyl (C=O) groups excluding carboxylic acids is 1. The van der Waals surface area contributed by atoms with Crippen molar-refractivity contribution >= 4 is 5.91 Å². The van der Waals surface area contributed by atoms with E-state index in [9.17, 15) is 9.90 Å². The molecule has 2 aromatic rings. The fraction of sp³-hybridized carbons (Fsp3) is 0.143. The number of ether oxygens (including phenoxy) is 1. The molecule has 0 radical (unpaired) electrons. The Hall–Kier alpha value is -2.40. The van der Waals surface area contributed by atoms with Crippen molar-refractivity contribution in [3.8, 4) is 11.5 Å². The quantitative estimate of drug-likeness (QED) is 0.878. The van der Waals surface area contributed by atoms with Crippen molar-refractivity contribution in [1.29, 1.82) is 0 Å². The molecule has 1 aromatic heterocycles. The first-order valence-corrected chi connectivity index (χ1v) is 5.78. The number of amides is 1. The minimum Gasteiger partial charge on any atom is -0.456 e. The molecular formula is C14H14N2O3. The summed E-state index contributed by atoms with van der Waals surface area (Å²) in [5.41, 5.74) is 6.15. The average Bonchev–Trinajstić information content (AvgIpc) is 2.40. The van der Waals surface area contributed by atoms with Gasteiger partial charge in [-0.15, -0.1) is 0 Å². The fourth-order valence-corrected chi connectivity index (χ4v) is 1.52. The molecule has 0 aliphatic carbocycles. The van der Waals surface area contributed by atoms with Crippen LogP contribution in [-0.4, -0.2) is 16.0 Å². The molecule has 0 saturated heterocycles. The second-order valence-corrected chi connectivity index (χ2v) is 4.09. The number of aromatic nitrogens is 1. The molecule has 5 heteroatoms. The summed E-state index contributed by atoms with van der Waals surface area (Å²) < 4.78 is 5.55. The summed E-state index contributed by atoms with van der Waals surface area (Å²) in [5.74, 6) is 0.655. The number of hydrogen-bond acceptors (Lipinski definition) is 4. The molecule has 0 fully saturated rings. The van der Waals surface area contributed by atoms with E-state index in [-0.39, 0.29) is 0 Å². The highest BCUT2D eigenvalue weighted by Crippen LogP contribution is 2.22. The number of primary amides is 1. The van der Waals surface area contributed by atoms with E-state index in [1.165, 1.54) is 6.20 Å². The lowest BCUT2D eigenvalue weighted by Crippen LogP contribution is -2.10. The van der Waals surface area contributed by atoms with E-state index in [0.717, 1.165) is 0 Å². The van der Waals surface area contributed by atoms with Gasteiger partial charge in [0.25, 0.3) is 0 Å². The summed E-state index contributed by atoms with van der Waals surface area (Å²) in [6.45, 7) is 1.64. The van der Waals surface area contributed by atoms with Gasteiger partial charge in [-0.05, 0) is 43.3 Å². The molecule has 1 aromatic carbocycles. The molecule has 98 valence electrons. The van der Waals surface area contributed by atoms with Crippen LogP contribution in [0, 0.1) is 0 Å². The second kappa shape index (κ2) is 5.49. The zero-order chi connectivity index (χ0) is 13.8. The number of benzene rings is 1. The summed E-state index contributed by atoms with van der Waals surface area (Å²) >= 11 is 0. The Labute approximate surface area is 110 Å². The summed E-state index contributed by atoms with van der Waals surface area (Å²) in [7, 11) is 0. The molecule has 0 bridgehead atoms. The SMILES string of the molecule is CC(O)c1ccc(Oc2ccc(C(N)=O)cc2)cn1. The van der Waals surface area contributed by atoms with Gasteiger partial charge in [0.1, 0.15) is 11.5 Å². The van der Waals surface area contributed by atoms with Crippen molar-refractivity contribution in [3.05, 3.63) is 53.9 Å². The van der Waals surface area contributed by atoms with Crippen LogP contribution in [0.4, 0.5) is 0 Å². The van der Waals surface area contributed by atoms with Crippen molar-refractivity contribution in [2.24, 2.45) is 5.73 Å². The lowest BCUT2D eigenvalue weighted by atomic mass is 10.2. The Morgan fingerprint density at radius 3 is 2.32 bits per heavy atom. The Morgan fingerprint density at radius 2 is 1.84 bits per heavy atom. The standard InChI is InChI=1S/C14H14N2O3/c1-9(17)13-7-6-12(8-16-13)19-11-4-2-10(3-5-11)14(15)18/h2-9,17H,1H3,(H2,15,18). The number of aliphatic hydroxyl groups is 1. The van der Waals surface area contributed by atoms with Crippen LogP contribution in [0.15, 0.2) is 42.6 Å². The number of carbonyl (C=O) groups is 1. The van der Waals surface area contributed by atoms with E-state index >= 15 is 0 Å². The zero-order valence-corrected chi connectivity index (χ0v) is 10.4. The third-order valence-corrected chi connectivity index (χ3v) is 2.56. The van der Waals surface area contributed by atoms with Crippen molar-refractivity contribution in [1.82, 2.24) is 4.98 Å². The van der Waals surface area contributed by atoms with Crippen LogP contribution in [0.2, 0.25) is 0 Å². The van der Waals surface area contributed by atoms with Crippen LogP contribution in [0.1, 0.15) is 29.1 Å². The molecule has 0 aliphatic rings. The van der Waals surface area contributed by atoms with Gasteiger partial charge in [0.15, 0.2) is 0 Å². The first-order valence-electron chi connectivity index (χ1n) is 5.78. The monoisotopic (exact) mass is 258 g/mol. The molecule has 1 amide bonds. The summed E-state index contributed by atoms with van der Waals surface area (Å²) in [4.78, 5) is 15.0. The van der Waals surface area contributed by atoms with E-state index in [1.54, 1.807) is 43.3 Å². The molecule has 1 atom stereocenters. The van der Waals surface area contributed by atoms with Crippen LogP contribution in [0.3, 0.4) is 0 Å². The third-order valence-electron chi connectivity index (χ3n) is 2.56. The zero-order valence-electron chi connectivity index (χ0n) is 10.4. The molecule has 2 rings (SSSR count). The van der Waals surface area contributed by atoms with Crippen LogP contribution >= 0.6 is 0 Å². The topological polar surface area (TPSA) is 85.4 Å². The normalized spacial score (nSPS) is 11.9. The van der Waals surface area contributed by atoms with E-state index in [4.69, 9.17) is 10.5 Å². The minimum atomic E-state index is -0.607.